The summed E-state index contributed by atoms with van der Waals surface area (Å²) in [4.78, 5) is 4.22. The van der Waals surface area contributed by atoms with Crippen molar-refractivity contribution in [2.45, 2.75) is 13.5 Å². The van der Waals surface area contributed by atoms with Gasteiger partial charge in [-0.2, -0.15) is 0 Å². The molecule has 0 amide bonds. The number of hydrogen-bond acceptors (Lipinski definition) is 4. The predicted octanol–water partition coefficient (Wildman–Crippen LogP) is 3.95. The minimum atomic E-state index is 0.557. The maximum Gasteiger partial charge on any atom is 0.123 e. The molecule has 0 radical (unpaired) electrons. The van der Waals surface area contributed by atoms with Crippen LogP contribution in [0, 0.1) is 6.92 Å². The van der Waals surface area contributed by atoms with E-state index in [-0.39, 0.29) is 0 Å². The molecule has 0 atom stereocenters. The minimum absolute atomic E-state index is 0.557. The number of ether oxygens (including phenoxy) is 3. The molecule has 0 aliphatic heterocycles. The highest BCUT2D eigenvalue weighted by molar-refractivity contribution is 5.68. The van der Waals surface area contributed by atoms with Gasteiger partial charge in [0, 0.05) is 18.5 Å². The molecule has 0 N–H and O–H groups in total. The van der Waals surface area contributed by atoms with E-state index in [1.165, 1.54) is 0 Å². The van der Waals surface area contributed by atoms with E-state index in [4.69, 9.17) is 14.2 Å². The fourth-order valence-corrected chi connectivity index (χ4v) is 2.64. The molecule has 0 unspecified atom stereocenters. The molecule has 2 aromatic carbocycles. The molecule has 130 valence electrons. The van der Waals surface area contributed by atoms with E-state index in [1.54, 1.807) is 20.4 Å². The first kappa shape index (κ1) is 16.9. The van der Waals surface area contributed by atoms with Crippen molar-refractivity contribution in [2.24, 2.45) is 0 Å². The van der Waals surface area contributed by atoms with Gasteiger partial charge in [0.15, 0.2) is 0 Å². The van der Waals surface area contributed by atoms with Gasteiger partial charge in [-0.05, 0) is 42.3 Å². The largest absolute Gasteiger partial charge is 0.497 e. The number of aryl methyl sites for hydroxylation is 1. The van der Waals surface area contributed by atoms with Gasteiger partial charge in [0.2, 0.25) is 0 Å². The molecule has 5 heteroatoms. The number of methoxy groups -OCH3 is 2. The zero-order chi connectivity index (χ0) is 17.6. The molecule has 3 aromatic rings. The van der Waals surface area contributed by atoms with Crippen LogP contribution in [-0.4, -0.2) is 30.4 Å². The number of nitrogens with zero attached hydrogens (tertiary/aromatic N) is 2. The van der Waals surface area contributed by atoms with Crippen molar-refractivity contribution < 1.29 is 14.2 Å². The molecule has 25 heavy (non-hydrogen) atoms. The highest BCUT2D eigenvalue weighted by Gasteiger charge is 2.06. The summed E-state index contributed by atoms with van der Waals surface area (Å²) in [5.74, 6) is 3.33. The van der Waals surface area contributed by atoms with Crippen LogP contribution in [-0.2, 0) is 6.54 Å². The van der Waals surface area contributed by atoms with Gasteiger partial charge in [-0.25, -0.2) is 4.98 Å². The number of imidazole rings is 1. The maximum absolute atomic E-state index is 5.94. The number of aromatic nitrogens is 2. The third-order valence-corrected chi connectivity index (χ3v) is 4.04. The van der Waals surface area contributed by atoms with Gasteiger partial charge in [-0.1, -0.05) is 12.1 Å². The van der Waals surface area contributed by atoms with Crippen molar-refractivity contribution in [1.29, 1.82) is 0 Å². The third kappa shape index (κ3) is 4.12. The molecule has 1 aromatic heterocycles. The van der Waals surface area contributed by atoms with E-state index in [9.17, 15) is 0 Å². The van der Waals surface area contributed by atoms with Crippen molar-refractivity contribution in [3.8, 4) is 28.4 Å². The summed E-state index contributed by atoms with van der Waals surface area (Å²) >= 11 is 0. The molecule has 3 rings (SSSR count). The van der Waals surface area contributed by atoms with Crippen molar-refractivity contribution in [3.63, 3.8) is 0 Å². The summed E-state index contributed by atoms with van der Waals surface area (Å²) in [7, 11) is 3.32. The summed E-state index contributed by atoms with van der Waals surface area (Å²) < 4.78 is 18.7. The standard InChI is InChI=1S/C20H22N2O3/c1-15-21-7-8-22(15)9-10-25-20-13-17(12-19(14-20)24-3)16-5-4-6-18(11-16)23-2/h4-8,11-14H,9-10H2,1-3H3. The average Bonchev–Trinajstić information content (AvgIpc) is 3.06. The average molecular weight is 338 g/mol. The molecule has 5 nitrogen and oxygen atoms in total. The molecule has 1 heterocycles. The Morgan fingerprint density at radius 2 is 1.68 bits per heavy atom. The lowest BCUT2D eigenvalue weighted by Crippen LogP contribution is -2.08. The van der Waals surface area contributed by atoms with Crippen molar-refractivity contribution >= 4 is 0 Å². The Labute approximate surface area is 147 Å². The Hall–Kier alpha value is -2.95. The second-order valence-electron chi connectivity index (χ2n) is 5.65. The van der Waals surface area contributed by atoms with E-state index in [0.29, 0.717) is 6.61 Å². The zero-order valence-electron chi connectivity index (χ0n) is 14.7. The highest BCUT2D eigenvalue weighted by atomic mass is 16.5. The summed E-state index contributed by atoms with van der Waals surface area (Å²) in [6, 6.07) is 13.8. The van der Waals surface area contributed by atoms with Crippen molar-refractivity contribution in [2.75, 3.05) is 20.8 Å². The number of benzene rings is 2. The molecule has 0 spiro atoms. The first-order valence-corrected chi connectivity index (χ1v) is 8.13. The van der Waals surface area contributed by atoms with E-state index in [2.05, 4.69) is 9.55 Å². The fraction of sp³-hybridized carbons (Fsp3) is 0.250. The SMILES string of the molecule is COc1cccc(-c2cc(OC)cc(OCCn3ccnc3C)c2)c1. The monoisotopic (exact) mass is 338 g/mol. The molecule has 0 fully saturated rings. The zero-order valence-corrected chi connectivity index (χ0v) is 14.7. The molecule has 0 saturated carbocycles. The van der Waals surface area contributed by atoms with Gasteiger partial charge in [0.25, 0.3) is 0 Å². The highest BCUT2D eigenvalue weighted by Crippen LogP contribution is 2.31. The van der Waals surface area contributed by atoms with Crippen LogP contribution >= 0.6 is 0 Å². The Balaban J connectivity index is 1.78. The van der Waals surface area contributed by atoms with Gasteiger partial charge in [0.05, 0.1) is 20.8 Å². The van der Waals surface area contributed by atoms with Gasteiger partial charge < -0.3 is 18.8 Å². The van der Waals surface area contributed by atoms with Crippen LogP contribution in [0.1, 0.15) is 5.82 Å². The van der Waals surface area contributed by atoms with Crippen LogP contribution in [0.25, 0.3) is 11.1 Å². The molecule has 0 saturated heterocycles. The van der Waals surface area contributed by atoms with Crippen molar-refractivity contribution in [1.82, 2.24) is 9.55 Å². The van der Waals surface area contributed by atoms with Crippen LogP contribution in [0.2, 0.25) is 0 Å². The van der Waals surface area contributed by atoms with E-state index < -0.39 is 0 Å². The van der Waals surface area contributed by atoms with E-state index in [0.717, 1.165) is 40.7 Å². The molecular formula is C20H22N2O3. The molecule has 0 bridgehead atoms. The molecule has 0 aliphatic rings. The Bertz CT molecular complexity index is 842. The van der Waals surface area contributed by atoms with Gasteiger partial charge in [-0.3, -0.25) is 0 Å². The number of rotatable bonds is 7. The Morgan fingerprint density at radius 3 is 2.40 bits per heavy atom. The quantitative estimate of drug-likeness (QED) is 0.654. The van der Waals surface area contributed by atoms with Crippen LogP contribution in [0.5, 0.6) is 17.2 Å². The van der Waals surface area contributed by atoms with E-state index in [1.807, 2.05) is 55.6 Å². The second kappa shape index (κ2) is 7.75. The maximum atomic E-state index is 5.94. The summed E-state index contributed by atoms with van der Waals surface area (Å²) in [6.07, 6.45) is 3.74. The van der Waals surface area contributed by atoms with Gasteiger partial charge >= 0.3 is 0 Å². The molecular weight excluding hydrogens is 316 g/mol. The lowest BCUT2D eigenvalue weighted by Gasteiger charge is -2.12. The first-order chi connectivity index (χ1) is 12.2. The Morgan fingerprint density at radius 1 is 0.920 bits per heavy atom. The lowest BCUT2D eigenvalue weighted by atomic mass is 10.0. The van der Waals surface area contributed by atoms with Crippen LogP contribution in [0.3, 0.4) is 0 Å². The smallest absolute Gasteiger partial charge is 0.123 e. The normalized spacial score (nSPS) is 10.5. The third-order valence-electron chi connectivity index (χ3n) is 4.04. The summed E-state index contributed by atoms with van der Waals surface area (Å²) in [6.45, 7) is 3.28. The fourth-order valence-electron chi connectivity index (χ4n) is 2.64. The first-order valence-electron chi connectivity index (χ1n) is 8.13. The summed E-state index contributed by atoms with van der Waals surface area (Å²) in [5, 5.41) is 0. The second-order valence-corrected chi connectivity index (χ2v) is 5.65. The van der Waals surface area contributed by atoms with Gasteiger partial charge in [-0.15, -0.1) is 0 Å². The summed E-state index contributed by atoms with van der Waals surface area (Å²) in [5.41, 5.74) is 2.07. The predicted molar refractivity (Wildman–Crippen MR) is 97.4 cm³/mol. The van der Waals surface area contributed by atoms with Crippen LogP contribution in [0.15, 0.2) is 54.9 Å². The molecule has 0 aliphatic carbocycles. The van der Waals surface area contributed by atoms with E-state index >= 15 is 0 Å². The lowest BCUT2D eigenvalue weighted by molar-refractivity contribution is 0.295. The van der Waals surface area contributed by atoms with Crippen LogP contribution < -0.4 is 14.2 Å². The Kier molecular flexibility index (Phi) is 5.23. The topological polar surface area (TPSA) is 45.5 Å². The van der Waals surface area contributed by atoms with Crippen molar-refractivity contribution in [3.05, 3.63) is 60.7 Å². The minimum Gasteiger partial charge on any atom is -0.497 e. The van der Waals surface area contributed by atoms with Crippen LogP contribution in [0.4, 0.5) is 0 Å². The number of hydrogen-bond donors (Lipinski definition) is 0. The van der Waals surface area contributed by atoms with Gasteiger partial charge in [0.1, 0.15) is 29.7 Å².